The van der Waals surface area contributed by atoms with Gasteiger partial charge in [0.2, 0.25) is 0 Å². The first-order valence-electron chi connectivity index (χ1n) is 6.56. The maximum atomic E-state index is 4.21. The molecule has 0 aliphatic heterocycles. The first-order chi connectivity index (χ1) is 8.52. The monoisotopic (exact) mass is 247 g/mol. The second-order valence-corrected chi connectivity index (χ2v) is 5.07. The lowest BCUT2D eigenvalue weighted by molar-refractivity contribution is 0.666. The predicted molar refractivity (Wildman–Crippen MR) is 79.2 cm³/mol. The zero-order valence-corrected chi connectivity index (χ0v) is 12.1. The van der Waals surface area contributed by atoms with Gasteiger partial charge in [-0.15, -0.1) is 0 Å². The van der Waals surface area contributed by atoms with Crippen molar-refractivity contribution in [3.05, 3.63) is 35.4 Å². The van der Waals surface area contributed by atoms with Gasteiger partial charge in [-0.1, -0.05) is 36.8 Å². The number of hydrogen-bond donors (Lipinski definition) is 2. The van der Waals surface area contributed by atoms with Crippen LogP contribution < -0.4 is 10.6 Å². The van der Waals surface area contributed by atoms with E-state index in [0.717, 1.165) is 12.5 Å². The van der Waals surface area contributed by atoms with Crippen molar-refractivity contribution < 1.29 is 0 Å². The Balaban J connectivity index is 2.52. The maximum Gasteiger partial charge on any atom is 0.191 e. The van der Waals surface area contributed by atoms with Crippen LogP contribution in [-0.2, 0) is 0 Å². The smallest absolute Gasteiger partial charge is 0.191 e. The summed E-state index contributed by atoms with van der Waals surface area (Å²) in [6, 6.07) is 9.05. The Morgan fingerprint density at radius 2 is 2.00 bits per heavy atom. The van der Waals surface area contributed by atoms with Crippen LogP contribution in [-0.4, -0.2) is 25.6 Å². The zero-order chi connectivity index (χ0) is 13.5. The minimum absolute atomic E-state index is 0.394. The van der Waals surface area contributed by atoms with Crippen molar-refractivity contribution in [1.29, 1.82) is 0 Å². The first kappa shape index (κ1) is 14.6. The Bertz CT molecular complexity index is 396. The molecule has 0 aliphatic carbocycles. The average molecular weight is 247 g/mol. The molecule has 0 fully saturated rings. The maximum absolute atomic E-state index is 4.21. The third-order valence-corrected chi connectivity index (χ3v) is 2.84. The fraction of sp³-hybridized carbons (Fsp3) is 0.533. The van der Waals surface area contributed by atoms with E-state index in [0.29, 0.717) is 12.0 Å². The quantitative estimate of drug-likeness (QED) is 0.634. The van der Waals surface area contributed by atoms with Gasteiger partial charge in [-0.05, 0) is 32.3 Å². The molecule has 1 aromatic rings. The molecule has 0 saturated heterocycles. The number of aryl methyl sites for hydroxylation is 1. The van der Waals surface area contributed by atoms with Crippen LogP contribution in [0.3, 0.4) is 0 Å². The van der Waals surface area contributed by atoms with E-state index in [9.17, 15) is 0 Å². The van der Waals surface area contributed by atoms with Crippen molar-refractivity contribution in [1.82, 2.24) is 10.6 Å². The molecule has 1 rings (SSSR count). The lowest BCUT2D eigenvalue weighted by atomic mass is 9.99. The lowest BCUT2D eigenvalue weighted by Crippen LogP contribution is -2.42. The highest BCUT2D eigenvalue weighted by Gasteiger charge is 2.07. The van der Waals surface area contributed by atoms with Gasteiger partial charge in [-0.2, -0.15) is 0 Å². The number of rotatable bonds is 4. The van der Waals surface area contributed by atoms with Crippen LogP contribution in [0.2, 0.25) is 0 Å². The standard InChI is InChI=1S/C15H25N3/c1-11(2)18-15(16-5)17-10-13(4)14-8-6-7-12(3)9-14/h6-9,11,13H,10H2,1-5H3,(H2,16,17,18). The highest BCUT2D eigenvalue weighted by atomic mass is 15.2. The van der Waals surface area contributed by atoms with Gasteiger partial charge < -0.3 is 10.6 Å². The third-order valence-electron chi connectivity index (χ3n) is 2.84. The molecule has 0 spiro atoms. The van der Waals surface area contributed by atoms with Gasteiger partial charge in [0.25, 0.3) is 0 Å². The SMILES string of the molecule is CN=C(NCC(C)c1cccc(C)c1)NC(C)C. The molecule has 0 saturated carbocycles. The first-order valence-corrected chi connectivity index (χ1v) is 6.56. The molecule has 1 atom stereocenters. The minimum atomic E-state index is 0.394. The lowest BCUT2D eigenvalue weighted by Gasteiger charge is -2.18. The van der Waals surface area contributed by atoms with Crippen LogP contribution >= 0.6 is 0 Å². The van der Waals surface area contributed by atoms with Crippen molar-refractivity contribution >= 4 is 5.96 Å². The van der Waals surface area contributed by atoms with Crippen molar-refractivity contribution in [2.75, 3.05) is 13.6 Å². The molecular formula is C15H25N3. The van der Waals surface area contributed by atoms with Crippen molar-refractivity contribution in [3.8, 4) is 0 Å². The van der Waals surface area contributed by atoms with E-state index < -0.39 is 0 Å². The Morgan fingerprint density at radius 3 is 2.56 bits per heavy atom. The third kappa shape index (κ3) is 4.78. The normalized spacial score (nSPS) is 13.6. The number of aliphatic imine (C=N–C) groups is 1. The number of nitrogens with one attached hydrogen (secondary N) is 2. The molecule has 0 radical (unpaired) electrons. The Kier molecular flexibility index (Phi) is 5.69. The highest BCUT2D eigenvalue weighted by Crippen LogP contribution is 2.15. The summed E-state index contributed by atoms with van der Waals surface area (Å²) >= 11 is 0. The largest absolute Gasteiger partial charge is 0.356 e. The molecule has 0 aliphatic rings. The molecule has 1 aromatic carbocycles. The molecule has 3 nitrogen and oxygen atoms in total. The summed E-state index contributed by atoms with van der Waals surface area (Å²) in [4.78, 5) is 4.21. The average Bonchev–Trinajstić information content (AvgIpc) is 2.33. The molecular weight excluding hydrogens is 222 g/mol. The van der Waals surface area contributed by atoms with Crippen LogP contribution in [0.1, 0.15) is 37.8 Å². The van der Waals surface area contributed by atoms with Crippen LogP contribution in [0.25, 0.3) is 0 Å². The van der Waals surface area contributed by atoms with Crippen LogP contribution in [0.4, 0.5) is 0 Å². The van der Waals surface area contributed by atoms with E-state index >= 15 is 0 Å². The van der Waals surface area contributed by atoms with Gasteiger partial charge >= 0.3 is 0 Å². The fourth-order valence-electron chi connectivity index (χ4n) is 1.81. The molecule has 100 valence electrons. The Morgan fingerprint density at radius 1 is 1.28 bits per heavy atom. The molecule has 1 unspecified atom stereocenters. The summed E-state index contributed by atoms with van der Waals surface area (Å²) in [6.45, 7) is 9.46. The van der Waals surface area contributed by atoms with Gasteiger partial charge in [0.05, 0.1) is 0 Å². The van der Waals surface area contributed by atoms with Crippen molar-refractivity contribution in [3.63, 3.8) is 0 Å². The van der Waals surface area contributed by atoms with Crippen molar-refractivity contribution in [2.45, 2.75) is 39.7 Å². The van der Waals surface area contributed by atoms with Gasteiger partial charge in [-0.25, -0.2) is 0 Å². The van der Waals surface area contributed by atoms with Gasteiger partial charge in [0.15, 0.2) is 5.96 Å². The number of benzene rings is 1. The fourth-order valence-corrected chi connectivity index (χ4v) is 1.81. The molecule has 18 heavy (non-hydrogen) atoms. The summed E-state index contributed by atoms with van der Waals surface area (Å²) < 4.78 is 0. The van der Waals surface area contributed by atoms with E-state index in [1.54, 1.807) is 7.05 Å². The second kappa shape index (κ2) is 7.04. The summed E-state index contributed by atoms with van der Waals surface area (Å²) in [6.07, 6.45) is 0. The Hall–Kier alpha value is -1.51. The topological polar surface area (TPSA) is 36.4 Å². The summed E-state index contributed by atoms with van der Waals surface area (Å²) in [5, 5.41) is 6.64. The second-order valence-electron chi connectivity index (χ2n) is 5.07. The molecule has 0 heterocycles. The molecule has 0 amide bonds. The van der Waals surface area contributed by atoms with E-state index in [1.165, 1.54) is 11.1 Å². The Labute approximate surface area is 111 Å². The van der Waals surface area contributed by atoms with E-state index in [1.807, 2.05) is 0 Å². The summed E-state index contributed by atoms with van der Waals surface area (Å²) in [5.74, 6) is 1.33. The number of hydrogen-bond acceptors (Lipinski definition) is 1. The molecule has 3 heteroatoms. The molecule has 0 aromatic heterocycles. The van der Waals surface area contributed by atoms with Crippen LogP contribution in [0, 0.1) is 6.92 Å². The van der Waals surface area contributed by atoms with E-state index in [2.05, 4.69) is 67.6 Å². The van der Waals surface area contributed by atoms with Gasteiger partial charge in [-0.3, -0.25) is 4.99 Å². The minimum Gasteiger partial charge on any atom is -0.356 e. The summed E-state index contributed by atoms with van der Waals surface area (Å²) in [5.41, 5.74) is 2.67. The molecule has 2 N–H and O–H groups in total. The van der Waals surface area contributed by atoms with Gasteiger partial charge in [0, 0.05) is 19.6 Å². The molecule has 0 bridgehead atoms. The van der Waals surface area contributed by atoms with Crippen LogP contribution in [0.5, 0.6) is 0 Å². The van der Waals surface area contributed by atoms with E-state index in [-0.39, 0.29) is 0 Å². The van der Waals surface area contributed by atoms with Crippen LogP contribution in [0.15, 0.2) is 29.3 Å². The van der Waals surface area contributed by atoms with Crippen molar-refractivity contribution in [2.24, 2.45) is 4.99 Å². The van der Waals surface area contributed by atoms with E-state index in [4.69, 9.17) is 0 Å². The number of guanidine groups is 1. The highest BCUT2D eigenvalue weighted by molar-refractivity contribution is 5.79. The van der Waals surface area contributed by atoms with Gasteiger partial charge in [0.1, 0.15) is 0 Å². The zero-order valence-electron chi connectivity index (χ0n) is 12.1. The predicted octanol–water partition coefficient (Wildman–Crippen LogP) is 2.67. The summed E-state index contributed by atoms with van der Waals surface area (Å²) in [7, 11) is 1.80. The number of nitrogens with zero attached hydrogens (tertiary/aromatic N) is 1.